The van der Waals surface area contributed by atoms with Crippen LogP contribution in [0.1, 0.15) is 17.5 Å². The Morgan fingerprint density at radius 1 is 1.29 bits per heavy atom. The van der Waals surface area contributed by atoms with E-state index in [-0.39, 0.29) is 5.91 Å². The summed E-state index contributed by atoms with van der Waals surface area (Å²) in [6, 6.07) is 8.39. The van der Waals surface area contributed by atoms with Gasteiger partial charge in [0.15, 0.2) is 0 Å². The number of nitrogens with zero attached hydrogens (tertiary/aromatic N) is 1. The first-order valence-electron chi connectivity index (χ1n) is 6.30. The van der Waals surface area contributed by atoms with Crippen molar-refractivity contribution in [2.45, 2.75) is 19.8 Å². The molecule has 1 heterocycles. The lowest BCUT2D eigenvalue weighted by molar-refractivity contribution is -0.130. The third kappa shape index (κ3) is 3.30. The van der Waals surface area contributed by atoms with E-state index >= 15 is 0 Å². The molecule has 1 aromatic rings. The molecule has 3 heteroatoms. The fourth-order valence-electron chi connectivity index (χ4n) is 2.20. The number of rotatable bonds is 3. The van der Waals surface area contributed by atoms with E-state index in [4.69, 9.17) is 0 Å². The van der Waals surface area contributed by atoms with Gasteiger partial charge in [0, 0.05) is 32.6 Å². The van der Waals surface area contributed by atoms with Crippen molar-refractivity contribution in [3.63, 3.8) is 0 Å². The van der Waals surface area contributed by atoms with Crippen molar-refractivity contribution in [1.29, 1.82) is 0 Å². The largest absolute Gasteiger partial charge is 0.341 e. The summed E-state index contributed by atoms with van der Waals surface area (Å²) < 4.78 is 0. The highest BCUT2D eigenvalue weighted by Gasteiger charge is 2.15. The molecule has 3 nitrogen and oxygen atoms in total. The van der Waals surface area contributed by atoms with E-state index < -0.39 is 0 Å². The molecule has 17 heavy (non-hydrogen) atoms. The van der Waals surface area contributed by atoms with Gasteiger partial charge in [-0.1, -0.05) is 24.3 Å². The topological polar surface area (TPSA) is 32.3 Å². The number of hydrogen-bond acceptors (Lipinski definition) is 2. The zero-order valence-corrected chi connectivity index (χ0v) is 10.4. The lowest BCUT2D eigenvalue weighted by Gasteiger charge is -2.20. The van der Waals surface area contributed by atoms with Crippen molar-refractivity contribution in [3.05, 3.63) is 35.4 Å². The Kier molecular flexibility index (Phi) is 4.15. The van der Waals surface area contributed by atoms with Crippen molar-refractivity contribution >= 4 is 5.91 Å². The number of nitrogens with one attached hydrogen (secondary N) is 1. The molecule has 0 aliphatic carbocycles. The Balaban J connectivity index is 1.93. The van der Waals surface area contributed by atoms with Gasteiger partial charge in [-0.3, -0.25) is 4.79 Å². The minimum Gasteiger partial charge on any atom is -0.341 e. The molecule has 0 spiro atoms. The van der Waals surface area contributed by atoms with Crippen LogP contribution in [0.5, 0.6) is 0 Å². The highest BCUT2D eigenvalue weighted by atomic mass is 16.2. The van der Waals surface area contributed by atoms with Crippen molar-refractivity contribution in [2.75, 3.05) is 26.2 Å². The first-order valence-corrected chi connectivity index (χ1v) is 6.30. The van der Waals surface area contributed by atoms with E-state index in [1.165, 1.54) is 11.1 Å². The van der Waals surface area contributed by atoms with Crippen LogP contribution in [0.2, 0.25) is 0 Å². The molecule has 1 aliphatic heterocycles. The SMILES string of the molecule is Cc1ccccc1CCN1CCNCCC1=O. The lowest BCUT2D eigenvalue weighted by atomic mass is 10.1. The Morgan fingerprint density at radius 3 is 2.94 bits per heavy atom. The van der Waals surface area contributed by atoms with Crippen LogP contribution in [-0.4, -0.2) is 37.0 Å². The Bertz CT molecular complexity index is 390. The minimum atomic E-state index is 0.281. The summed E-state index contributed by atoms with van der Waals surface area (Å²) in [6.07, 6.45) is 1.59. The molecule has 0 saturated carbocycles. The maximum absolute atomic E-state index is 11.8. The number of benzene rings is 1. The number of carbonyl (C=O) groups is 1. The van der Waals surface area contributed by atoms with E-state index in [0.29, 0.717) is 6.42 Å². The maximum atomic E-state index is 11.8. The minimum absolute atomic E-state index is 0.281. The van der Waals surface area contributed by atoms with Crippen LogP contribution in [0.25, 0.3) is 0 Å². The van der Waals surface area contributed by atoms with Gasteiger partial charge in [-0.25, -0.2) is 0 Å². The summed E-state index contributed by atoms with van der Waals surface area (Å²) in [4.78, 5) is 13.8. The fourth-order valence-corrected chi connectivity index (χ4v) is 2.20. The first kappa shape index (κ1) is 12.1. The second-order valence-corrected chi connectivity index (χ2v) is 4.56. The maximum Gasteiger partial charge on any atom is 0.223 e. The van der Waals surface area contributed by atoms with Crippen LogP contribution in [-0.2, 0) is 11.2 Å². The van der Waals surface area contributed by atoms with E-state index in [9.17, 15) is 4.79 Å². The lowest BCUT2D eigenvalue weighted by Crippen LogP contribution is -2.34. The monoisotopic (exact) mass is 232 g/mol. The molecular formula is C14H20N2O. The van der Waals surface area contributed by atoms with Gasteiger partial charge in [0.1, 0.15) is 0 Å². The smallest absolute Gasteiger partial charge is 0.223 e. The summed E-state index contributed by atoms with van der Waals surface area (Å²) in [5.74, 6) is 0.281. The molecule has 0 bridgehead atoms. The predicted octanol–water partition coefficient (Wildman–Crippen LogP) is 1.36. The number of amides is 1. The van der Waals surface area contributed by atoms with Crippen LogP contribution < -0.4 is 5.32 Å². The third-order valence-corrected chi connectivity index (χ3v) is 3.34. The molecule has 1 fully saturated rings. The van der Waals surface area contributed by atoms with Crippen molar-refractivity contribution < 1.29 is 4.79 Å². The molecule has 0 radical (unpaired) electrons. The molecule has 1 N–H and O–H groups in total. The van der Waals surface area contributed by atoms with Crippen LogP contribution in [0.3, 0.4) is 0 Å². The molecule has 2 rings (SSSR count). The Hall–Kier alpha value is -1.35. The summed E-state index contributed by atoms with van der Waals surface area (Å²) in [5, 5.41) is 3.25. The fraction of sp³-hybridized carbons (Fsp3) is 0.500. The second kappa shape index (κ2) is 5.82. The molecule has 1 amide bonds. The second-order valence-electron chi connectivity index (χ2n) is 4.56. The predicted molar refractivity (Wildman–Crippen MR) is 68.9 cm³/mol. The zero-order valence-electron chi connectivity index (χ0n) is 10.4. The number of hydrogen-bond donors (Lipinski definition) is 1. The van der Waals surface area contributed by atoms with Gasteiger partial charge in [-0.2, -0.15) is 0 Å². The highest BCUT2D eigenvalue weighted by Crippen LogP contribution is 2.09. The van der Waals surface area contributed by atoms with Gasteiger partial charge >= 0.3 is 0 Å². The van der Waals surface area contributed by atoms with Crippen molar-refractivity contribution in [2.24, 2.45) is 0 Å². The van der Waals surface area contributed by atoms with Gasteiger partial charge in [0.25, 0.3) is 0 Å². The molecule has 0 unspecified atom stereocenters. The van der Waals surface area contributed by atoms with Crippen molar-refractivity contribution in [1.82, 2.24) is 10.2 Å². The number of aryl methyl sites for hydroxylation is 1. The van der Waals surface area contributed by atoms with Crippen LogP contribution in [0, 0.1) is 6.92 Å². The molecule has 0 aromatic heterocycles. The normalized spacial score (nSPS) is 17.0. The average molecular weight is 232 g/mol. The van der Waals surface area contributed by atoms with Gasteiger partial charge < -0.3 is 10.2 Å². The van der Waals surface area contributed by atoms with Crippen LogP contribution in [0.15, 0.2) is 24.3 Å². The quantitative estimate of drug-likeness (QED) is 0.853. The van der Waals surface area contributed by atoms with Gasteiger partial charge in [0.2, 0.25) is 5.91 Å². The molecule has 0 atom stereocenters. The zero-order chi connectivity index (χ0) is 12.1. The van der Waals surface area contributed by atoms with Gasteiger partial charge in [-0.05, 0) is 24.5 Å². The average Bonchev–Trinajstić information content (AvgIpc) is 2.53. The molecular weight excluding hydrogens is 212 g/mol. The van der Waals surface area contributed by atoms with E-state index in [1.54, 1.807) is 0 Å². The van der Waals surface area contributed by atoms with E-state index in [2.05, 4.69) is 36.5 Å². The van der Waals surface area contributed by atoms with E-state index in [0.717, 1.165) is 32.6 Å². The summed E-state index contributed by atoms with van der Waals surface area (Å²) >= 11 is 0. The van der Waals surface area contributed by atoms with Crippen LogP contribution in [0.4, 0.5) is 0 Å². The molecule has 1 saturated heterocycles. The first-order chi connectivity index (χ1) is 8.27. The standard InChI is InChI=1S/C14H20N2O/c1-12-4-2-3-5-13(12)7-10-16-11-9-15-8-6-14(16)17/h2-5,15H,6-11H2,1H3. The molecule has 92 valence electrons. The number of carbonyl (C=O) groups excluding carboxylic acids is 1. The van der Waals surface area contributed by atoms with E-state index in [1.807, 2.05) is 4.90 Å². The third-order valence-electron chi connectivity index (χ3n) is 3.34. The van der Waals surface area contributed by atoms with Crippen LogP contribution >= 0.6 is 0 Å². The molecule has 1 aromatic carbocycles. The van der Waals surface area contributed by atoms with Gasteiger partial charge in [-0.15, -0.1) is 0 Å². The summed E-state index contributed by atoms with van der Waals surface area (Å²) in [5.41, 5.74) is 2.66. The summed E-state index contributed by atoms with van der Waals surface area (Å²) in [7, 11) is 0. The van der Waals surface area contributed by atoms with Gasteiger partial charge in [0.05, 0.1) is 0 Å². The highest BCUT2D eigenvalue weighted by molar-refractivity contribution is 5.76. The van der Waals surface area contributed by atoms with Crippen molar-refractivity contribution in [3.8, 4) is 0 Å². The molecule has 1 aliphatic rings. The summed E-state index contributed by atoms with van der Waals surface area (Å²) in [6.45, 7) is 5.54. The Morgan fingerprint density at radius 2 is 2.12 bits per heavy atom. The Labute approximate surface area is 103 Å².